The number of benzene rings is 2. The van der Waals surface area contributed by atoms with Crippen LogP contribution < -0.4 is 24.4 Å². The van der Waals surface area contributed by atoms with Crippen LogP contribution in [0.3, 0.4) is 0 Å². The Kier molecular flexibility index (Phi) is 6.58. The Hall–Kier alpha value is -3.53. The summed E-state index contributed by atoms with van der Waals surface area (Å²) in [6.07, 6.45) is 0. The van der Waals surface area contributed by atoms with Gasteiger partial charge in [0, 0.05) is 30.5 Å². The number of nitrogens with zero attached hydrogens (tertiary/aromatic N) is 2. The summed E-state index contributed by atoms with van der Waals surface area (Å²) in [5.74, 6) is -0.666. The highest BCUT2D eigenvalue weighted by Gasteiger charge is 2.32. The van der Waals surface area contributed by atoms with Crippen LogP contribution in [0.5, 0.6) is 17.2 Å². The molecule has 10 nitrogen and oxygen atoms in total. The Balaban J connectivity index is 1.90. The highest BCUT2D eigenvalue weighted by Crippen LogP contribution is 2.46. The quantitative estimate of drug-likeness (QED) is 0.541. The minimum Gasteiger partial charge on any atom is -0.493 e. The number of methoxy groups -OCH3 is 3. The van der Waals surface area contributed by atoms with Gasteiger partial charge in [-0.2, -0.15) is 0 Å². The first-order valence-corrected chi connectivity index (χ1v) is 9.21. The molecule has 1 amide bonds. The van der Waals surface area contributed by atoms with Gasteiger partial charge in [0.2, 0.25) is 11.5 Å². The van der Waals surface area contributed by atoms with E-state index in [-0.39, 0.29) is 22.8 Å². The highest BCUT2D eigenvalue weighted by molar-refractivity contribution is 6.08. The smallest absolute Gasteiger partial charge is 0.327 e. The standard InChI is InChI=1S/C20H23N3O7/c1-27-16-12-15(17(23(25)26)19(29-3)18(16)28-2)20(24)21-13-4-6-14(7-5-13)22-8-10-30-11-9-22/h4-7,12H,8-11H2,1-3H3,(H,21,24). The predicted octanol–water partition coefficient (Wildman–Crippen LogP) is 2.71. The maximum Gasteiger partial charge on any atom is 0.327 e. The molecular weight excluding hydrogens is 394 g/mol. The topological polar surface area (TPSA) is 112 Å². The second kappa shape index (κ2) is 9.31. The summed E-state index contributed by atoms with van der Waals surface area (Å²) in [6.45, 7) is 2.93. The molecule has 30 heavy (non-hydrogen) atoms. The molecule has 0 atom stereocenters. The third kappa shape index (κ3) is 4.23. The number of ether oxygens (including phenoxy) is 4. The van der Waals surface area contributed by atoms with Crippen LogP contribution in [0.25, 0.3) is 0 Å². The molecule has 1 saturated heterocycles. The summed E-state index contributed by atoms with van der Waals surface area (Å²) >= 11 is 0. The van der Waals surface area contributed by atoms with Gasteiger partial charge in [0.15, 0.2) is 5.75 Å². The molecule has 3 rings (SSSR count). The van der Waals surface area contributed by atoms with Gasteiger partial charge in [0.05, 0.1) is 39.5 Å². The molecule has 0 bridgehead atoms. The summed E-state index contributed by atoms with van der Waals surface area (Å²) in [4.78, 5) is 26.0. The first kappa shape index (κ1) is 21.2. The van der Waals surface area contributed by atoms with Crippen molar-refractivity contribution in [3.63, 3.8) is 0 Å². The predicted molar refractivity (Wildman–Crippen MR) is 110 cm³/mol. The lowest BCUT2D eigenvalue weighted by Gasteiger charge is -2.28. The van der Waals surface area contributed by atoms with E-state index in [0.717, 1.165) is 18.8 Å². The first-order valence-electron chi connectivity index (χ1n) is 9.21. The zero-order valence-corrected chi connectivity index (χ0v) is 17.0. The van der Waals surface area contributed by atoms with Gasteiger partial charge in [0.25, 0.3) is 5.91 Å². The van der Waals surface area contributed by atoms with E-state index < -0.39 is 16.5 Å². The fourth-order valence-electron chi connectivity index (χ4n) is 3.27. The Bertz CT molecular complexity index is 925. The minimum atomic E-state index is -0.683. The van der Waals surface area contributed by atoms with Crippen molar-refractivity contribution in [3.8, 4) is 17.2 Å². The van der Waals surface area contributed by atoms with E-state index in [1.54, 1.807) is 12.1 Å². The molecule has 2 aromatic carbocycles. The molecule has 2 aromatic rings. The second-order valence-corrected chi connectivity index (χ2v) is 6.40. The zero-order chi connectivity index (χ0) is 21.7. The Labute approximate surface area is 173 Å². The largest absolute Gasteiger partial charge is 0.493 e. The normalized spacial score (nSPS) is 13.5. The van der Waals surface area contributed by atoms with Gasteiger partial charge in [-0.15, -0.1) is 0 Å². The van der Waals surface area contributed by atoms with Gasteiger partial charge in [0.1, 0.15) is 5.56 Å². The molecule has 0 unspecified atom stereocenters. The van der Waals surface area contributed by atoms with Crippen LogP contribution in [-0.4, -0.2) is 58.5 Å². The van der Waals surface area contributed by atoms with Crippen LogP contribution >= 0.6 is 0 Å². The van der Waals surface area contributed by atoms with Crippen molar-refractivity contribution in [3.05, 3.63) is 46.0 Å². The zero-order valence-electron chi connectivity index (χ0n) is 17.0. The molecule has 0 spiro atoms. The van der Waals surface area contributed by atoms with Crippen LogP contribution in [0.2, 0.25) is 0 Å². The molecule has 0 radical (unpaired) electrons. The SMILES string of the molecule is COc1cc(C(=O)Nc2ccc(N3CCOCC3)cc2)c([N+](=O)[O-])c(OC)c1OC. The average Bonchev–Trinajstić information content (AvgIpc) is 2.78. The number of carbonyl (C=O) groups is 1. The lowest BCUT2D eigenvalue weighted by atomic mass is 10.1. The van der Waals surface area contributed by atoms with Crippen LogP contribution in [-0.2, 0) is 4.74 Å². The number of nitrogens with one attached hydrogen (secondary N) is 1. The molecular formula is C20H23N3O7. The van der Waals surface area contributed by atoms with E-state index in [0.29, 0.717) is 18.9 Å². The third-order valence-electron chi connectivity index (χ3n) is 4.73. The van der Waals surface area contributed by atoms with Crippen LogP contribution in [0, 0.1) is 10.1 Å². The molecule has 1 heterocycles. The maximum atomic E-state index is 12.9. The van der Waals surface area contributed by atoms with Crippen LogP contribution in [0.15, 0.2) is 30.3 Å². The van der Waals surface area contributed by atoms with Crippen molar-refractivity contribution in [2.45, 2.75) is 0 Å². The van der Waals surface area contributed by atoms with Gasteiger partial charge >= 0.3 is 5.69 Å². The monoisotopic (exact) mass is 417 g/mol. The number of amides is 1. The van der Waals surface area contributed by atoms with Crippen molar-refractivity contribution in [1.82, 2.24) is 0 Å². The van der Waals surface area contributed by atoms with Crippen molar-refractivity contribution >= 4 is 23.0 Å². The number of nitro groups is 1. The number of morpholine rings is 1. The van der Waals surface area contributed by atoms with E-state index in [2.05, 4.69) is 10.2 Å². The summed E-state index contributed by atoms with van der Waals surface area (Å²) < 4.78 is 20.9. The second-order valence-electron chi connectivity index (χ2n) is 6.40. The lowest BCUT2D eigenvalue weighted by Crippen LogP contribution is -2.36. The van der Waals surface area contributed by atoms with Gasteiger partial charge in [-0.25, -0.2) is 0 Å². The number of hydrogen-bond acceptors (Lipinski definition) is 8. The number of hydrogen-bond donors (Lipinski definition) is 1. The van der Waals surface area contributed by atoms with Crippen molar-refractivity contribution in [2.75, 3.05) is 57.8 Å². The Morgan fingerprint density at radius 1 is 1.07 bits per heavy atom. The summed E-state index contributed by atoms with van der Waals surface area (Å²) in [5, 5.41) is 14.4. The maximum absolute atomic E-state index is 12.9. The molecule has 1 N–H and O–H groups in total. The minimum absolute atomic E-state index is 0.0399. The molecule has 0 saturated carbocycles. The van der Waals surface area contributed by atoms with Crippen molar-refractivity contribution in [2.24, 2.45) is 0 Å². The van der Waals surface area contributed by atoms with Crippen molar-refractivity contribution in [1.29, 1.82) is 0 Å². The van der Waals surface area contributed by atoms with E-state index in [9.17, 15) is 14.9 Å². The van der Waals surface area contributed by atoms with E-state index >= 15 is 0 Å². The average molecular weight is 417 g/mol. The summed E-state index contributed by atoms with van der Waals surface area (Å²) in [6, 6.07) is 8.50. The van der Waals surface area contributed by atoms with Gasteiger partial charge in [-0.3, -0.25) is 14.9 Å². The number of nitro benzene ring substituents is 1. The molecule has 1 fully saturated rings. The van der Waals surface area contributed by atoms with Gasteiger partial charge in [-0.05, 0) is 24.3 Å². The third-order valence-corrected chi connectivity index (χ3v) is 4.73. The molecule has 1 aliphatic heterocycles. The van der Waals surface area contributed by atoms with E-state index in [1.807, 2.05) is 12.1 Å². The number of carbonyl (C=O) groups excluding carboxylic acids is 1. The summed E-state index contributed by atoms with van der Waals surface area (Å²) in [5.41, 5.74) is 0.805. The molecule has 0 aliphatic carbocycles. The van der Waals surface area contributed by atoms with Crippen LogP contribution in [0.4, 0.5) is 17.1 Å². The number of rotatable bonds is 7. The van der Waals surface area contributed by atoms with Crippen LogP contribution in [0.1, 0.15) is 10.4 Å². The molecule has 160 valence electrons. The Morgan fingerprint density at radius 3 is 2.23 bits per heavy atom. The Morgan fingerprint density at radius 2 is 1.70 bits per heavy atom. The highest BCUT2D eigenvalue weighted by atomic mass is 16.6. The molecule has 10 heteroatoms. The first-order chi connectivity index (χ1) is 14.5. The van der Waals surface area contributed by atoms with Gasteiger partial charge in [-0.1, -0.05) is 0 Å². The number of anilines is 2. The lowest BCUT2D eigenvalue weighted by molar-refractivity contribution is -0.386. The molecule has 1 aliphatic rings. The van der Waals surface area contributed by atoms with Gasteiger partial charge < -0.3 is 29.2 Å². The fourth-order valence-corrected chi connectivity index (χ4v) is 3.27. The molecule has 0 aromatic heterocycles. The van der Waals surface area contributed by atoms with E-state index in [1.165, 1.54) is 27.4 Å². The summed E-state index contributed by atoms with van der Waals surface area (Å²) in [7, 11) is 3.96. The fraction of sp³-hybridized carbons (Fsp3) is 0.350. The van der Waals surface area contributed by atoms with Crippen molar-refractivity contribution < 1.29 is 28.7 Å². The van der Waals surface area contributed by atoms with E-state index in [4.69, 9.17) is 18.9 Å².